The molecule has 1 rings (SSSR count). The third kappa shape index (κ3) is 2.22. The van der Waals surface area contributed by atoms with E-state index in [4.69, 9.17) is 5.11 Å². The highest BCUT2D eigenvalue weighted by atomic mass is 79.9. The molecule has 0 saturated carbocycles. The maximum Gasteiger partial charge on any atom is 0.0795 e. The predicted octanol–water partition coefficient (Wildman–Crippen LogP) is 2.68. The Morgan fingerprint density at radius 3 is 2.92 bits per heavy atom. The Morgan fingerprint density at radius 2 is 2.33 bits per heavy atom. The molecule has 0 amide bonds. The number of hydrogen-bond acceptors (Lipinski definition) is 3. The number of aliphatic hydroxyl groups excluding tert-OH is 1. The first-order valence-corrected chi connectivity index (χ1v) is 4.45. The number of nitrogens with zero attached hydrogens (tertiary/aromatic N) is 1. The van der Waals surface area contributed by atoms with Gasteiger partial charge in [0, 0.05) is 10.0 Å². The zero-order valence-electron chi connectivity index (χ0n) is 6.12. The molecule has 0 fully saturated rings. The van der Waals surface area contributed by atoms with Crippen LogP contribution in [0, 0.1) is 0 Å². The van der Waals surface area contributed by atoms with Crippen LogP contribution in [-0.2, 0) is 6.61 Å². The zero-order chi connectivity index (χ0) is 8.97. The Labute approximate surface area is 84.1 Å². The van der Waals surface area contributed by atoms with Crippen LogP contribution < -0.4 is 0 Å². The van der Waals surface area contributed by atoms with Gasteiger partial charge in [-0.2, -0.15) is 4.99 Å². The second-order valence-corrected chi connectivity index (χ2v) is 3.23. The SMILES string of the molecule is OCc1cc(Br)ccc1N=C=S. The number of thiocarbonyl (C=S) groups is 1. The van der Waals surface area contributed by atoms with Crippen molar-refractivity contribution in [2.45, 2.75) is 6.61 Å². The van der Waals surface area contributed by atoms with Crippen LogP contribution in [0.3, 0.4) is 0 Å². The highest BCUT2D eigenvalue weighted by Gasteiger charge is 1.99. The number of benzene rings is 1. The van der Waals surface area contributed by atoms with Crippen LogP contribution in [-0.4, -0.2) is 10.3 Å². The van der Waals surface area contributed by atoms with Crippen LogP contribution in [0.4, 0.5) is 5.69 Å². The summed E-state index contributed by atoms with van der Waals surface area (Å²) in [6.45, 7) is -0.0463. The molecule has 1 aromatic carbocycles. The van der Waals surface area contributed by atoms with E-state index >= 15 is 0 Å². The number of halogens is 1. The van der Waals surface area contributed by atoms with Gasteiger partial charge >= 0.3 is 0 Å². The Balaban J connectivity index is 3.19. The molecule has 0 aliphatic heterocycles. The van der Waals surface area contributed by atoms with Crippen LogP contribution in [0.25, 0.3) is 0 Å². The Morgan fingerprint density at radius 1 is 1.58 bits per heavy atom. The summed E-state index contributed by atoms with van der Waals surface area (Å²) < 4.78 is 0.912. The molecule has 1 aromatic rings. The van der Waals surface area contributed by atoms with Gasteiger partial charge in [0.25, 0.3) is 0 Å². The predicted molar refractivity (Wildman–Crippen MR) is 54.8 cm³/mol. The molecule has 1 N–H and O–H groups in total. The van der Waals surface area contributed by atoms with Crippen molar-refractivity contribution in [1.29, 1.82) is 0 Å². The number of hydrogen-bond donors (Lipinski definition) is 1. The monoisotopic (exact) mass is 243 g/mol. The Hall–Kier alpha value is -0.540. The maximum absolute atomic E-state index is 8.93. The zero-order valence-corrected chi connectivity index (χ0v) is 8.52. The van der Waals surface area contributed by atoms with Gasteiger partial charge in [-0.05, 0) is 30.4 Å². The van der Waals surface area contributed by atoms with E-state index in [1.807, 2.05) is 6.07 Å². The van der Waals surface area contributed by atoms with Gasteiger partial charge in [0.05, 0.1) is 17.5 Å². The second kappa shape index (κ2) is 4.48. The minimum Gasteiger partial charge on any atom is -0.392 e. The number of isothiocyanates is 1. The van der Waals surface area contributed by atoms with Crippen LogP contribution in [0.2, 0.25) is 0 Å². The molecule has 0 atom stereocenters. The summed E-state index contributed by atoms with van der Waals surface area (Å²) in [6, 6.07) is 5.41. The van der Waals surface area contributed by atoms with Crippen LogP contribution in [0.5, 0.6) is 0 Å². The molecule has 62 valence electrons. The molecule has 0 aromatic heterocycles. The van der Waals surface area contributed by atoms with E-state index in [1.54, 1.807) is 12.1 Å². The first kappa shape index (κ1) is 9.55. The van der Waals surface area contributed by atoms with Crippen LogP contribution >= 0.6 is 28.1 Å². The quantitative estimate of drug-likeness (QED) is 0.640. The van der Waals surface area contributed by atoms with E-state index in [2.05, 4.69) is 38.3 Å². The van der Waals surface area contributed by atoms with E-state index in [0.29, 0.717) is 5.69 Å². The van der Waals surface area contributed by atoms with Gasteiger partial charge in [-0.15, -0.1) is 0 Å². The van der Waals surface area contributed by atoms with Crippen molar-refractivity contribution in [2.75, 3.05) is 0 Å². The van der Waals surface area contributed by atoms with Gasteiger partial charge in [-0.25, -0.2) is 0 Å². The molecule has 0 aliphatic carbocycles. The third-order valence-electron chi connectivity index (χ3n) is 1.38. The molecule has 0 spiro atoms. The molecule has 2 nitrogen and oxygen atoms in total. The summed E-state index contributed by atoms with van der Waals surface area (Å²) in [5.74, 6) is 0. The molecule has 0 bridgehead atoms. The molecular weight excluding hydrogens is 238 g/mol. The highest BCUT2D eigenvalue weighted by molar-refractivity contribution is 9.10. The molecule has 0 radical (unpaired) electrons. The standard InChI is InChI=1S/C8H6BrNOS/c9-7-1-2-8(10-5-12)6(3-7)4-11/h1-3,11H,4H2. The van der Waals surface area contributed by atoms with Crippen molar-refractivity contribution in [2.24, 2.45) is 4.99 Å². The summed E-state index contributed by atoms with van der Waals surface area (Å²) in [5.41, 5.74) is 1.40. The highest BCUT2D eigenvalue weighted by Crippen LogP contribution is 2.22. The number of rotatable bonds is 2. The molecule has 0 unspecified atom stereocenters. The van der Waals surface area contributed by atoms with Crippen molar-refractivity contribution >= 4 is 39.0 Å². The summed E-state index contributed by atoms with van der Waals surface area (Å²) >= 11 is 7.75. The smallest absolute Gasteiger partial charge is 0.0795 e. The van der Waals surface area contributed by atoms with E-state index in [1.165, 1.54) is 0 Å². The second-order valence-electron chi connectivity index (χ2n) is 2.13. The number of aliphatic imine (C=N–C) groups is 1. The fourth-order valence-corrected chi connectivity index (χ4v) is 1.35. The molecule has 12 heavy (non-hydrogen) atoms. The lowest BCUT2D eigenvalue weighted by atomic mass is 10.2. The summed E-state index contributed by atoms with van der Waals surface area (Å²) in [7, 11) is 0. The van der Waals surface area contributed by atoms with Gasteiger partial charge in [-0.3, -0.25) is 0 Å². The maximum atomic E-state index is 8.93. The third-order valence-corrected chi connectivity index (χ3v) is 1.96. The lowest BCUT2D eigenvalue weighted by molar-refractivity contribution is 0.282. The van der Waals surface area contributed by atoms with Gasteiger partial charge in [0.1, 0.15) is 0 Å². The summed E-state index contributed by atoms with van der Waals surface area (Å²) in [4.78, 5) is 3.80. The summed E-state index contributed by atoms with van der Waals surface area (Å²) in [6.07, 6.45) is 0. The van der Waals surface area contributed by atoms with Crippen molar-refractivity contribution in [3.05, 3.63) is 28.2 Å². The first-order chi connectivity index (χ1) is 5.77. The molecule has 4 heteroatoms. The van der Waals surface area contributed by atoms with E-state index in [0.717, 1.165) is 10.0 Å². The van der Waals surface area contributed by atoms with Crippen molar-refractivity contribution in [1.82, 2.24) is 0 Å². The summed E-state index contributed by atoms with van der Waals surface area (Å²) in [5, 5.41) is 11.2. The Bertz CT molecular complexity index is 334. The molecule has 0 saturated heterocycles. The fourth-order valence-electron chi connectivity index (χ4n) is 0.839. The van der Waals surface area contributed by atoms with Crippen molar-refractivity contribution < 1.29 is 5.11 Å². The average molecular weight is 244 g/mol. The average Bonchev–Trinajstić information content (AvgIpc) is 2.08. The van der Waals surface area contributed by atoms with Crippen LogP contribution in [0.15, 0.2) is 27.7 Å². The Kier molecular flexibility index (Phi) is 3.56. The number of aliphatic hydroxyl groups is 1. The van der Waals surface area contributed by atoms with Gasteiger partial charge in [0.15, 0.2) is 0 Å². The van der Waals surface area contributed by atoms with Gasteiger partial charge in [-0.1, -0.05) is 15.9 Å². The van der Waals surface area contributed by atoms with Gasteiger partial charge in [0.2, 0.25) is 0 Å². The fraction of sp³-hybridized carbons (Fsp3) is 0.125. The van der Waals surface area contributed by atoms with E-state index in [-0.39, 0.29) is 6.61 Å². The molecular formula is C8H6BrNOS. The van der Waals surface area contributed by atoms with Crippen LogP contribution in [0.1, 0.15) is 5.56 Å². The minimum absolute atomic E-state index is 0.0463. The first-order valence-electron chi connectivity index (χ1n) is 3.25. The van der Waals surface area contributed by atoms with Crippen molar-refractivity contribution in [3.8, 4) is 0 Å². The van der Waals surface area contributed by atoms with Gasteiger partial charge < -0.3 is 5.11 Å². The normalized spacial score (nSPS) is 9.17. The lowest BCUT2D eigenvalue weighted by Gasteiger charge is -2.00. The largest absolute Gasteiger partial charge is 0.392 e. The molecule has 0 aliphatic rings. The molecule has 0 heterocycles. The minimum atomic E-state index is -0.0463. The van der Waals surface area contributed by atoms with E-state index < -0.39 is 0 Å². The lowest BCUT2D eigenvalue weighted by Crippen LogP contribution is -1.83. The van der Waals surface area contributed by atoms with E-state index in [9.17, 15) is 0 Å². The van der Waals surface area contributed by atoms with Crippen molar-refractivity contribution in [3.63, 3.8) is 0 Å². The topological polar surface area (TPSA) is 32.6 Å².